The third-order valence-corrected chi connectivity index (χ3v) is 4.78. The highest BCUT2D eigenvalue weighted by Crippen LogP contribution is 2.22. The molecule has 3 aromatic rings. The van der Waals surface area contributed by atoms with Gasteiger partial charge in [-0.2, -0.15) is 0 Å². The predicted molar refractivity (Wildman–Crippen MR) is 105 cm³/mol. The van der Waals surface area contributed by atoms with Crippen molar-refractivity contribution in [2.45, 2.75) is 26.6 Å². The molecule has 0 N–H and O–H groups in total. The third-order valence-electron chi connectivity index (χ3n) is 4.78. The minimum atomic E-state index is -0.409. The molecule has 0 atom stereocenters. The van der Waals surface area contributed by atoms with Crippen molar-refractivity contribution in [3.63, 3.8) is 0 Å². The molecule has 0 saturated heterocycles. The highest BCUT2D eigenvalue weighted by atomic mass is 19.1. The smallest absolute Gasteiger partial charge is 0.254 e. The van der Waals surface area contributed by atoms with Gasteiger partial charge in [-0.1, -0.05) is 18.2 Å². The summed E-state index contributed by atoms with van der Waals surface area (Å²) in [5.74, 6) is -0.129. The summed E-state index contributed by atoms with van der Waals surface area (Å²) >= 11 is 0. The Labute approximate surface area is 168 Å². The van der Waals surface area contributed by atoms with Gasteiger partial charge in [0.25, 0.3) is 5.91 Å². The molecule has 1 aromatic heterocycles. The van der Waals surface area contributed by atoms with Crippen LogP contribution in [0.25, 0.3) is 4.85 Å². The molecular formula is C22H19FN4O2. The number of benzene rings is 2. The number of carbonyl (C=O) groups is 1. The van der Waals surface area contributed by atoms with Crippen LogP contribution in [-0.4, -0.2) is 27.1 Å². The SMILES string of the molecule is [C-]#[N+]c1cccc(COc2cc3n(n2)CCN(C(=O)c2cc(C)cc(F)c2)C3)c1. The van der Waals surface area contributed by atoms with Gasteiger partial charge >= 0.3 is 0 Å². The minimum Gasteiger partial charge on any atom is -0.472 e. The van der Waals surface area contributed by atoms with Crippen LogP contribution in [0, 0.1) is 19.3 Å². The van der Waals surface area contributed by atoms with Crippen LogP contribution < -0.4 is 4.74 Å². The summed E-state index contributed by atoms with van der Waals surface area (Å²) in [4.78, 5) is 17.9. The van der Waals surface area contributed by atoms with Crippen molar-refractivity contribution in [3.8, 4) is 5.88 Å². The van der Waals surface area contributed by atoms with Crippen LogP contribution in [0.2, 0.25) is 0 Å². The van der Waals surface area contributed by atoms with Gasteiger partial charge in [-0.3, -0.25) is 9.48 Å². The monoisotopic (exact) mass is 390 g/mol. The summed E-state index contributed by atoms with van der Waals surface area (Å²) in [6.07, 6.45) is 0. The third kappa shape index (κ3) is 4.11. The standard InChI is InChI=1S/C22H19FN4O2/c1-15-8-17(11-18(23)9-15)22(28)26-6-7-27-20(13-26)12-21(25-27)29-14-16-4-3-5-19(10-16)24-2/h3-5,8-12H,6-7,13-14H2,1H3. The Morgan fingerprint density at radius 3 is 2.90 bits per heavy atom. The van der Waals surface area contributed by atoms with Crippen LogP contribution in [0.15, 0.2) is 48.5 Å². The number of aromatic nitrogens is 2. The van der Waals surface area contributed by atoms with E-state index in [1.807, 2.05) is 22.9 Å². The van der Waals surface area contributed by atoms with Crippen molar-refractivity contribution in [2.75, 3.05) is 6.54 Å². The van der Waals surface area contributed by atoms with Crippen LogP contribution in [0.1, 0.15) is 27.2 Å². The highest BCUT2D eigenvalue weighted by Gasteiger charge is 2.24. The topological polar surface area (TPSA) is 51.7 Å². The molecule has 2 aromatic carbocycles. The molecule has 0 bridgehead atoms. The van der Waals surface area contributed by atoms with Gasteiger partial charge in [-0.25, -0.2) is 9.24 Å². The molecule has 7 heteroatoms. The maximum Gasteiger partial charge on any atom is 0.254 e. The molecule has 29 heavy (non-hydrogen) atoms. The first-order chi connectivity index (χ1) is 14.0. The summed E-state index contributed by atoms with van der Waals surface area (Å²) in [5, 5.41) is 4.44. The van der Waals surface area contributed by atoms with Crippen molar-refractivity contribution < 1.29 is 13.9 Å². The summed E-state index contributed by atoms with van der Waals surface area (Å²) < 4.78 is 21.2. The number of carbonyl (C=O) groups excluding carboxylic acids is 1. The second kappa shape index (κ2) is 7.76. The van der Waals surface area contributed by atoms with Gasteiger partial charge in [0.2, 0.25) is 5.88 Å². The molecule has 4 rings (SSSR count). The largest absolute Gasteiger partial charge is 0.472 e. The van der Waals surface area contributed by atoms with Crippen LogP contribution >= 0.6 is 0 Å². The molecule has 6 nitrogen and oxygen atoms in total. The maximum atomic E-state index is 13.7. The van der Waals surface area contributed by atoms with Crippen LogP contribution in [0.3, 0.4) is 0 Å². The lowest BCUT2D eigenvalue weighted by molar-refractivity contribution is 0.0705. The number of fused-ring (bicyclic) bond motifs is 1. The Balaban J connectivity index is 1.44. The molecule has 0 unspecified atom stereocenters. The lowest BCUT2D eigenvalue weighted by atomic mass is 10.1. The average molecular weight is 390 g/mol. The number of aryl methyl sites for hydroxylation is 1. The lowest BCUT2D eigenvalue weighted by Gasteiger charge is -2.27. The number of rotatable bonds is 4. The molecule has 0 aliphatic carbocycles. The van der Waals surface area contributed by atoms with Gasteiger partial charge in [0.05, 0.1) is 25.4 Å². The van der Waals surface area contributed by atoms with Gasteiger partial charge in [-0.05, 0) is 42.3 Å². The molecule has 0 saturated carbocycles. The lowest BCUT2D eigenvalue weighted by Crippen LogP contribution is -2.38. The van der Waals surface area contributed by atoms with E-state index in [4.69, 9.17) is 11.3 Å². The number of hydrogen-bond donors (Lipinski definition) is 0. The first kappa shape index (κ1) is 18.7. The van der Waals surface area contributed by atoms with Gasteiger partial charge in [0, 0.05) is 18.2 Å². The average Bonchev–Trinajstić information content (AvgIpc) is 3.13. The van der Waals surface area contributed by atoms with Crippen molar-refractivity contribution >= 4 is 11.6 Å². The Hall–Kier alpha value is -3.66. The second-order valence-corrected chi connectivity index (χ2v) is 7.01. The fourth-order valence-electron chi connectivity index (χ4n) is 3.40. The minimum absolute atomic E-state index is 0.196. The van der Waals surface area contributed by atoms with E-state index >= 15 is 0 Å². The summed E-state index contributed by atoms with van der Waals surface area (Å²) in [6.45, 7) is 10.6. The van der Waals surface area contributed by atoms with E-state index in [-0.39, 0.29) is 5.91 Å². The van der Waals surface area contributed by atoms with Crippen LogP contribution in [-0.2, 0) is 19.7 Å². The zero-order valence-corrected chi connectivity index (χ0v) is 15.9. The van der Waals surface area contributed by atoms with Crippen molar-refractivity contribution in [2.24, 2.45) is 0 Å². The Morgan fingerprint density at radius 2 is 2.10 bits per heavy atom. The molecule has 2 heterocycles. The molecule has 1 aliphatic rings. The summed E-state index contributed by atoms with van der Waals surface area (Å²) in [7, 11) is 0. The number of ether oxygens (including phenoxy) is 1. The van der Waals surface area contributed by atoms with Gasteiger partial charge in [0.15, 0.2) is 5.69 Å². The maximum absolute atomic E-state index is 13.7. The quantitative estimate of drug-likeness (QED) is 0.630. The van der Waals surface area contributed by atoms with E-state index in [0.29, 0.717) is 48.9 Å². The van der Waals surface area contributed by atoms with E-state index < -0.39 is 5.82 Å². The number of hydrogen-bond acceptors (Lipinski definition) is 3. The number of nitrogens with zero attached hydrogens (tertiary/aromatic N) is 4. The second-order valence-electron chi connectivity index (χ2n) is 7.01. The van der Waals surface area contributed by atoms with E-state index in [1.165, 1.54) is 12.1 Å². The van der Waals surface area contributed by atoms with Crippen molar-refractivity contribution in [1.29, 1.82) is 0 Å². The molecular weight excluding hydrogens is 371 g/mol. The fourth-order valence-corrected chi connectivity index (χ4v) is 3.40. The van der Waals surface area contributed by atoms with Crippen LogP contribution in [0.5, 0.6) is 5.88 Å². The van der Waals surface area contributed by atoms with E-state index in [2.05, 4.69) is 9.94 Å². The summed E-state index contributed by atoms with van der Waals surface area (Å²) in [6, 6.07) is 13.4. The molecule has 0 radical (unpaired) electrons. The van der Waals surface area contributed by atoms with E-state index in [1.54, 1.807) is 30.0 Å². The number of halogens is 1. The molecule has 1 amide bonds. The molecule has 0 spiro atoms. The van der Waals surface area contributed by atoms with Gasteiger partial charge in [0.1, 0.15) is 12.4 Å². The zero-order valence-electron chi connectivity index (χ0n) is 15.9. The van der Waals surface area contributed by atoms with E-state index in [9.17, 15) is 9.18 Å². The normalized spacial score (nSPS) is 12.9. The predicted octanol–water partition coefficient (Wildman–Crippen LogP) is 4.12. The number of amides is 1. The Kier molecular flexibility index (Phi) is 5.00. The van der Waals surface area contributed by atoms with E-state index in [0.717, 1.165) is 11.3 Å². The fraction of sp³-hybridized carbons (Fsp3) is 0.227. The van der Waals surface area contributed by atoms with Crippen molar-refractivity contribution in [1.82, 2.24) is 14.7 Å². The highest BCUT2D eigenvalue weighted by molar-refractivity contribution is 5.94. The Bertz CT molecular complexity index is 1100. The Morgan fingerprint density at radius 1 is 1.24 bits per heavy atom. The first-order valence-electron chi connectivity index (χ1n) is 9.24. The van der Waals surface area contributed by atoms with Crippen molar-refractivity contribution in [3.05, 3.63) is 88.1 Å². The van der Waals surface area contributed by atoms with Gasteiger partial charge < -0.3 is 9.64 Å². The first-order valence-corrected chi connectivity index (χ1v) is 9.24. The summed E-state index contributed by atoms with van der Waals surface area (Å²) in [5.41, 5.74) is 3.39. The van der Waals surface area contributed by atoms with Crippen LogP contribution in [0.4, 0.5) is 10.1 Å². The zero-order chi connectivity index (χ0) is 20.4. The van der Waals surface area contributed by atoms with Gasteiger partial charge in [-0.15, -0.1) is 5.10 Å². The molecule has 0 fully saturated rings. The molecule has 146 valence electrons. The molecule has 1 aliphatic heterocycles.